The summed E-state index contributed by atoms with van der Waals surface area (Å²) in [5.41, 5.74) is 7.67. The van der Waals surface area contributed by atoms with Gasteiger partial charge < -0.3 is 0 Å². The first-order valence-corrected chi connectivity index (χ1v) is 11.0. The topological polar surface area (TPSA) is 29.6 Å². The van der Waals surface area contributed by atoms with Crippen LogP contribution < -0.4 is 4.80 Å². The molecule has 0 unspecified atom stereocenters. The lowest BCUT2D eigenvalue weighted by Crippen LogP contribution is -2.11. The Morgan fingerprint density at radius 1 is 0.867 bits per heavy atom. The largest absolute Gasteiger partial charge is 0.220 e. The summed E-state index contributed by atoms with van der Waals surface area (Å²) in [6.45, 7) is 6.29. The van der Waals surface area contributed by atoms with Crippen LogP contribution in [-0.2, 0) is 0 Å². The first kappa shape index (κ1) is 20.3. The van der Waals surface area contributed by atoms with Gasteiger partial charge in [0.05, 0.1) is 17.6 Å². The maximum Gasteiger partial charge on any atom is 0.211 e. The minimum absolute atomic E-state index is 0.712. The third-order valence-electron chi connectivity index (χ3n) is 5.04. The molecule has 0 atom stereocenters. The molecule has 0 saturated heterocycles. The van der Waals surface area contributed by atoms with Crippen LogP contribution in [0.1, 0.15) is 22.3 Å². The lowest BCUT2D eigenvalue weighted by molar-refractivity contribution is 0.854. The van der Waals surface area contributed by atoms with Gasteiger partial charge in [-0.2, -0.15) is 5.10 Å². The zero-order valence-corrected chi connectivity index (χ0v) is 18.7. The van der Waals surface area contributed by atoms with E-state index in [-0.39, 0.29) is 0 Å². The van der Waals surface area contributed by atoms with E-state index >= 15 is 0 Å². The molecule has 0 aliphatic heterocycles. The van der Waals surface area contributed by atoms with Gasteiger partial charge in [-0.1, -0.05) is 54.1 Å². The highest BCUT2D eigenvalue weighted by Gasteiger charge is 2.08. The van der Waals surface area contributed by atoms with E-state index in [4.69, 9.17) is 21.7 Å². The van der Waals surface area contributed by atoms with E-state index in [1.807, 2.05) is 53.4 Å². The van der Waals surface area contributed by atoms with Crippen LogP contribution in [0.2, 0.25) is 5.02 Å². The van der Waals surface area contributed by atoms with Crippen molar-refractivity contribution in [1.29, 1.82) is 0 Å². The molecule has 0 fully saturated rings. The van der Waals surface area contributed by atoms with Gasteiger partial charge in [0, 0.05) is 16.0 Å². The van der Waals surface area contributed by atoms with E-state index in [1.165, 1.54) is 16.7 Å². The second-order valence-corrected chi connectivity index (χ2v) is 8.48. The fourth-order valence-electron chi connectivity index (χ4n) is 3.06. The summed E-state index contributed by atoms with van der Waals surface area (Å²) in [5, 5.41) is 7.60. The molecule has 30 heavy (non-hydrogen) atoms. The molecular weight excluding hydrogens is 410 g/mol. The number of aromatic nitrogens is 1. The van der Waals surface area contributed by atoms with Crippen molar-refractivity contribution in [2.75, 3.05) is 0 Å². The summed E-state index contributed by atoms with van der Waals surface area (Å²) < 4.78 is 1.90. The van der Waals surface area contributed by atoms with Gasteiger partial charge >= 0.3 is 0 Å². The Morgan fingerprint density at radius 3 is 2.37 bits per heavy atom. The zero-order valence-electron chi connectivity index (χ0n) is 17.1. The standard InChI is InChI=1S/C25H22ClN3S/c1-17-8-13-23(14-19(17)3)28-25-29(27-15-21-7-5-4-6-18(21)2)24(16-30-25)20-9-11-22(26)12-10-20/h4-16H,1-3H3. The van der Waals surface area contributed by atoms with Crippen LogP contribution in [0.3, 0.4) is 0 Å². The molecule has 4 rings (SSSR count). The molecule has 3 nitrogen and oxygen atoms in total. The summed E-state index contributed by atoms with van der Waals surface area (Å²) in [5.74, 6) is 0. The van der Waals surface area contributed by atoms with E-state index in [0.717, 1.165) is 27.3 Å². The number of aryl methyl sites for hydroxylation is 3. The monoisotopic (exact) mass is 431 g/mol. The molecule has 0 aliphatic rings. The molecule has 4 aromatic rings. The third kappa shape index (κ3) is 4.45. The van der Waals surface area contributed by atoms with Crippen LogP contribution in [0.4, 0.5) is 5.69 Å². The normalized spacial score (nSPS) is 12.1. The van der Waals surface area contributed by atoms with Gasteiger partial charge in [0.1, 0.15) is 0 Å². The van der Waals surface area contributed by atoms with E-state index in [2.05, 4.69) is 50.4 Å². The summed E-state index contributed by atoms with van der Waals surface area (Å²) in [6, 6.07) is 22.2. The van der Waals surface area contributed by atoms with E-state index in [9.17, 15) is 0 Å². The molecule has 1 heterocycles. The summed E-state index contributed by atoms with van der Waals surface area (Å²) in [4.78, 5) is 5.70. The maximum atomic E-state index is 6.09. The predicted molar refractivity (Wildman–Crippen MR) is 128 cm³/mol. The number of halogens is 1. The Balaban J connectivity index is 1.86. The minimum Gasteiger partial charge on any atom is -0.220 e. The number of hydrogen-bond donors (Lipinski definition) is 0. The highest BCUT2D eigenvalue weighted by atomic mass is 35.5. The molecule has 0 bridgehead atoms. The van der Waals surface area contributed by atoms with Crippen LogP contribution in [0.15, 0.2) is 82.2 Å². The van der Waals surface area contributed by atoms with E-state index < -0.39 is 0 Å². The number of benzene rings is 3. The molecule has 3 aromatic carbocycles. The maximum absolute atomic E-state index is 6.09. The molecule has 0 radical (unpaired) electrons. The Labute approximate surface area is 185 Å². The van der Waals surface area contributed by atoms with Crippen molar-refractivity contribution in [3.05, 3.63) is 104 Å². The zero-order chi connectivity index (χ0) is 21.1. The molecule has 1 aromatic heterocycles. The van der Waals surface area contributed by atoms with E-state index in [1.54, 1.807) is 11.3 Å². The number of hydrogen-bond acceptors (Lipinski definition) is 3. The van der Waals surface area contributed by atoms with Gasteiger partial charge in [-0.05, 0) is 67.3 Å². The van der Waals surface area contributed by atoms with Crippen molar-refractivity contribution in [1.82, 2.24) is 4.68 Å². The van der Waals surface area contributed by atoms with Crippen molar-refractivity contribution >= 4 is 34.8 Å². The first-order chi connectivity index (χ1) is 14.5. The van der Waals surface area contributed by atoms with E-state index in [0.29, 0.717) is 5.02 Å². The SMILES string of the molecule is Cc1ccc(N=c2scc(-c3ccc(Cl)cc3)n2N=Cc2ccccc2C)cc1C. The fourth-order valence-corrected chi connectivity index (χ4v) is 4.05. The Morgan fingerprint density at radius 2 is 1.63 bits per heavy atom. The van der Waals surface area contributed by atoms with Gasteiger partial charge in [0.15, 0.2) is 0 Å². The van der Waals surface area contributed by atoms with Crippen LogP contribution >= 0.6 is 22.9 Å². The van der Waals surface area contributed by atoms with Crippen molar-refractivity contribution in [2.24, 2.45) is 10.1 Å². The van der Waals surface area contributed by atoms with Gasteiger partial charge in [0.2, 0.25) is 4.80 Å². The summed E-state index contributed by atoms with van der Waals surface area (Å²) in [6.07, 6.45) is 1.89. The molecule has 150 valence electrons. The third-order valence-corrected chi connectivity index (χ3v) is 6.11. The minimum atomic E-state index is 0.712. The van der Waals surface area contributed by atoms with Crippen molar-refractivity contribution in [3.63, 3.8) is 0 Å². The van der Waals surface area contributed by atoms with Gasteiger partial charge in [-0.3, -0.25) is 0 Å². The summed E-state index contributed by atoms with van der Waals surface area (Å²) in [7, 11) is 0. The Bertz CT molecular complexity index is 1280. The highest BCUT2D eigenvalue weighted by Crippen LogP contribution is 2.23. The van der Waals surface area contributed by atoms with Crippen molar-refractivity contribution < 1.29 is 0 Å². The lowest BCUT2D eigenvalue weighted by atomic mass is 10.1. The van der Waals surface area contributed by atoms with Crippen LogP contribution in [0, 0.1) is 20.8 Å². The molecule has 5 heteroatoms. The van der Waals surface area contributed by atoms with Gasteiger partial charge in [-0.15, -0.1) is 11.3 Å². The number of thiazole rings is 1. The van der Waals surface area contributed by atoms with Gasteiger partial charge in [0.25, 0.3) is 0 Å². The fraction of sp³-hybridized carbons (Fsp3) is 0.120. The molecular formula is C25H22ClN3S. The molecule has 0 saturated carbocycles. The van der Waals surface area contributed by atoms with Gasteiger partial charge in [-0.25, -0.2) is 9.67 Å². The Kier molecular flexibility index (Phi) is 5.98. The van der Waals surface area contributed by atoms with Crippen molar-refractivity contribution in [3.8, 4) is 11.3 Å². The lowest BCUT2D eigenvalue weighted by Gasteiger charge is -2.05. The molecule has 0 spiro atoms. The number of rotatable bonds is 4. The first-order valence-electron chi connectivity index (χ1n) is 9.70. The Hall–Kier alpha value is -2.95. The quantitative estimate of drug-likeness (QED) is 0.314. The smallest absolute Gasteiger partial charge is 0.211 e. The predicted octanol–water partition coefficient (Wildman–Crippen LogP) is 6.91. The molecule has 0 aliphatic carbocycles. The van der Waals surface area contributed by atoms with Crippen molar-refractivity contribution in [2.45, 2.75) is 20.8 Å². The average Bonchev–Trinajstić information content (AvgIpc) is 3.13. The second-order valence-electron chi connectivity index (χ2n) is 7.20. The van der Waals surface area contributed by atoms with Crippen LogP contribution in [-0.4, -0.2) is 10.9 Å². The molecule has 0 amide bonds. The van der Waals surface area contributed by atoms with Crippen LogP contribution in [0.5, 0.6) is 0 Å². The number of nitrogens with zero attached hydrogens (tertiary/aromatic N) is 3. The summed E-state index contributed by atoms with van der Waals surface area (Å²) >= 11 is 7.65. The van der Waals surface area contributed by atoms with Crippen LogP contribution in [0.25, 0.3) is 11.3 Å². The average molecular weight is 432 g/mol. The second kappa shape index (κ2) is 8.82. The highest BCUT2D eigenvalue weighted by molar-refractivity contribution is 7.07. The molecule has 0 N–H and O–H groups in total.